The fourth-order valence-corrected chi connectivity index (χ4v) is 8.63. The summed E-state index contributed by atoms with van der Waals surface area (Å²) in [6.07, 6.45) is 8.11. The first-order chi connectivity index (χ1) is 17.0. The predicted octanol–water partition coefficient (Wildman–Crippen LogP) is 2.46. The molecule has 4 aliphatic heterocycles. The fourth-order valence-electron chi connectivity index (χ4n) is 6.47. The van der Waals surface area contributed by atoms with Gasteiger partial charge in [0.15, 0.2) is 0 Å². The number of aliphatic hydroxyl groups excluding tert-OH is 1. The maximum Gasteiger partial charge on any atom is 0.247 e. The number of rotatable bonds is 4. The lowest BCUT2D eigenvalue weighted by Gasteiger charge is -2.40. The van der Waals surface area contributed by atoms with Gasteiger partial charge in [-0.3, -0.25) is 14.4 Å². The molecule has 3 amide bonds. The van der Waals surface area contributed by atoms with Crippen molar-refractivity contribution in [3.8, 4) is 0 Å². The number of hydrogen-bond acceptors (Lipinski definition) is 5. The van der Waals surface area contributed by atoms with Crippen molar-refractivity contribution in [1.82, 2.24) is 14.7 Å². The van der Waals surface area contributed by atoms with E-state index in [0.29, 0.717) is 19.6 Å². The third-order valence-corrected chi connectivity index (χ3v) is 9.80. The minimum atomic E-state index is -0.876. The highest BCUT2D eigenvalue weighted by atomic mass is 32.2. The third-order valence-electron chi connectivity index (χ3n) is 8.01. The number of aliphatic hydroxyl groups is 1. The summed E-state index contributed by atoms with van der Waals surface area (Å²) in [6.45, 7) is 9.21. The van der Waals surface area contributed by atoms with Gasteiger partial charge in [0, 0.05) is 36.5 Å². The number of fused-ring (bicyclic) bond motifs is 2. The van der Waals surface area contributed by atoms with E-state index < -0.39 is 32.9 Å². The van der Waals surface area contributed by atoms with E-state index in [1.807, 2.05) is 81.2 Å². The van der Waals surface area contributed by atoms with E-state index in [4.69, 9.17) is 0 Å². The normalized spacial score (nSPS) is 34.0. The number of thioether (sulfide) groups is 1. The molecule has 36 heavy (non-hydrogen) atoms. The van der Waals surface area contributed by atoms with Gasteiger partial charge in [-0.2, -0.15) is 0 Å². The molecule has 2 fully saturated rings. The van der Waals surface area contributed by atoms with Crippen LogP contribution in [0.5, 0.6) is 0 Å². The highest BCUT2D eigenvalue weighted by molar-refractivity contribution is 8.02. The van der Waals surface area contributed by atoms with Gasteiger partial charge in [-0.15, -0.1) is 11.8 Å². The molecule has 0 saturated carbocycles. The van der Waals surface area contributed by atoms with E-state index in [9.17, 15) is 19.5 Å². The van der Waals surface area contributed by atoms with Crippen LogP contribution < -0.4 is 0 Å². The highest BCUT2D eigenvalue weighted by Crippen LogP contribution is 2.65. The molecule has 0 bridgehead atoms. The molecule has 192 valence electrons. The van der Waals surface area contributed by atoms with Gasteiger partial charge < -0.3 is 19.8 Å². The van der Waals surface area contributed by atoms with Crippen molar-refractivity contribution in [1.29, 1.82) is 0 Å². The average molecular weight is 510 g/mol. The van der Waals surface area contributed by atoms with E-state index >= 15 is 0 Å². The molecular formula is C28H35N3O4S. The Balaban J connectivity index is 1.60. The molecule has 7 nitrogen and oxygen atoms in total. The SMILES string of the molecule is CC(C)(C)N1CC=C[C@]23S[C@]4(C)C=CCN(Cc5ccccc5)C(=O)[C@@H]4[C@H]2C(=O)N(CCO)C3C1=O. The molecule has 0 radical (unpaired) electrons. The van der Waals surface area contributed by atoms with Crippen LogP contribution in [-0.2, 0) is 20.9 Å². The predicted molar refractivity (Wildman–Crippen MR) is 140 cm³/mol. The zero-order chi connectivity index (χ0) is 25.9. The van der Waals surface area contributed by atoms with Gasteiger partial charge >= 0.3 is 0 Å². The van der Waals surface area contributed by atoms with Gasteiger partial charge in [-0.25, -0.2) is 0 Å². The monoisotopic (exact) mass is 509 g/mol. The summed E-state index contributed by atoms with van der Waals surface area (Å²) in [5, 5.41) is 9.83. The van der Waals surface area contributed by atoms with Crippen molar-refractivity contribution in [2.45, 2.75) is 55.3 Å². The standard InChI is InChI=1S/C28H35N3O4S/c1-26(2,3)31-15-9-13-28-21(24(34)30(16-17-32)22(28)25(31)35)20-23(33)29(14-8-12-27(20,4)36-28)18-19-10-6-5-7-11-19/h5-13,20-22,32H,14-18H2,1-4H3/t20-,21-,22?,27+,28-/m0/s1. The molecule has 1 unspecified atom stereocenters. The third kappa shape index (κ3) is 3.72. The topological polar surface area (TPSA) is 81.2 Å². The van der Waals surface area contributed by atoms with E-state index in [-0.39, 0.29) is 30.9 Å². The first kappa shape index (κ1) is 25.1. The number of benzene rings is 1. The second-order valence-corrected chi connectivity index (χ2v) is 13.2. The fraction of sp³-hybridized carbons (Fsp3) is 0.536. The van der Waals surface area contributed by atoms with E-state index in [1.54, 1.807) is 16.7 Å². The number of β-amino-alcohol motifs (C(OH)–C–C–N with tert-alkyl or cyclic N) is 1. The number of amides is 3. The minimum absolute atomic E-state index is 0.0588. The highest BCUT2D eigenvalue weighted by Gasteiger charge is 2.74. The molecule has 5 atom stereocenters. The second-order valence-electron chi connectivity index (χ2n) is 11.4. The Kier molecular flexibility index (Phi) is 6.11. The Morgan fingerprint density at radius 1 is 0.972 bits per heavy atom. The molecule has 4 heterocycles. The van der Waals surface area contributed by atoms with E-state index in [1.165, 1.54) is 4.90 Å². The largest absolute Gasteiger partial charge is 0.395 e. The van der Waals surface area contributed by atoms with Crippen LogP contribution in [-0.4, -0.2) is 84.8 Å². The Hall–Kier alpha value is -2.58. The maximum absolute atomic E-state index is 14.2. The van der Waals surface area contributed by atoms with Crippen molar-refractivity contribution in [2.24, 2.45) is 11.8 Å². The zero-order valence-corrected chi connectivity index (χ0v) is 22.2. The molecule has 1 N–H and O–H groups in total. The molecule has 0 aromatic heterocycles. The summed E-state index contributed by atoms with van der Waals surface area (Å²) in [6, 6.07) is 9.10. The van der Waals surface area contributed by atoms with Crippen LogP contribution in [0.15, 0.2) is 54.6 Å². The molecule has 1 aromatic carbocycles. The van der Waals surface area contributed by atoms with Gasteiger partial charge in [-0.05, 0) is 33.3 Å². The van der Waals surface area contributed by atoms with Crippen LogP contribution in [0.4, 0.5) is 0 Å². The summed E-state index contributed by atoms with van der Waals surface area (Å²) in [5.41, 5.74) is 0.601. The Morgan fingerprint density at radius 3 is 2.33 bits per heavy atom. The van der Waals surface area contributed by atoms with E-state index in [0.717, 1.165) is 5.56 Å². The van der Waals surface area contributed by atoms with Gasteiger partial charge in [0.25, 0.3) is 0 Å². The lowest BCUT2D eigenvalue weighted by atomic mass is 9.74. The Bertz CT molecular complexity index is 1130. The van der Waals surface area contributed by atoms with Crippen LogP contribution in [0, 0.1) is 11.8 Å². The molecule has 5 rings (SSSR count). The number of nitrogens with zero attached hydrogens (tertiary/aromatic N) is 3. The molecule has 1 spiro atoms. The van der Waals surface area contributed by atoms with Crippen molar-refractivity contribution < 1.29 is 19.5 Å². The summed E-state index contributed by atoms with van der Waals surface area (Å²) in [4.78, 5) is 47.5. The smallest absolute Gasteiger partial charge is 0.247 e. The van der Waals surface area contributed by atoms with Crippen LogP contribution in [0.1, 0.15) is 33.3 Å². The summed E-state index contributed by atoms with van der Waals surface area (Å²) in [7, 11) is 0. The first-order valence-corrected chi connectivity index (χ1v) is 13.5. The second kappa shape index (κ2) is 8.77. The van der Waals surface area contributed by atoms with Gasteiger partial charge in [0.1, 0.15) is 6.04 Å². The quantitative estimate of drug-likeness (QED) is 0.631. The van der Waals surface area contributed by atoms with Crippen LogP contribution in [0.3, 0.4) is 0 Å². The van der Waals surface area contributed by atoms with Crippen molar-refractivity contribution in [3.05, 3.63) is 60.2 Å². The summed E-state index contributed by atoms with van der Waals surface area (Å²) in [5.74, 6) is -1.69. The van der Waals surface area contributed by atoms with Gasteiger partial charge in [0.05, 0.1) is 23.2 Å². The van der Waals surface area contributed by atoms with Crippen molar-refractivity contribution >= 4 is 29.5 Å². The first-order valence-electron chi connectivity index (χ1n) is 12.6. The number of carbonyl (C=O) groups excluding carboxylic acids is 3. The minimum Gasteiger partial charge on any atom is -0.395 e. The molecule has 8 heteroatoms. The van der Waals surface area contributed by atoms with Crippen LogP contribution in [0.2, 0.25) is 0 Å². The van der Waals surface area contributed by atoms with Crippen LogP contribution >= 0.6 is 11.8 Å². The lowest BCUT2D eigenvalue weighted by Crippen LogP contribution is -2.57. The van der Waals surface area contributed by atoms with E-state index in [2.05, 4.69) is 6.08 Å². The van der Waals surface area contributed by atoms with Gasteiger partial charge in [-0.1, -0.05) is 54.6 Å². The number of likely N-dealkylation sites (tertiary alicyclic amines) is 1. The molecule has 4 aliphatic rings. The number of hydrogen-bond donors (Lipinski definition) is 1. The average Bonchev–Trinajstić information content (AvgIpc) is 3.07. The van der Waals surface area contributed by atoms with Crippen molar-refractivity contribution in [2.75, 3.05) is 26.2 Å². The van der Waals surface area contributed by atoms with Crippen LogP contribution in [0.25, 0.3) is 0 Å². The number of carbonyl (C=O) groups is 3. The summed E-state index contributed by atoms with van der Waals surface area (Å²) < 4.78 is -1.51. The molecule has 1 aromatic rings. The molecule has 0 aliphatic carbocycles. The lowest BCUT2D eigenvalue weighted by molar-refractivity contribution is -0.146. The molecular weight excluding hydrogens is 474 g/mol. The van der Waals surface area contributed by atoms with Crippen molar-refractivity contribution in [3.63, 3.8) is 0 Å². The molecule has 2 saturated heterocycles. The summed E-state index contributed by atoms with van der Waals surface area (Å²) >= 11 is 1.57. The Labute approximate surface area is 217 Å². The maximum atomic E-state index is 14.2. The Morgan fingerprint density at radius 2 is 1.67 bits per heavy atom. The zero-order valence-electron chi connectivity index (χ0n) is 21.4. The van der Waals surface area contributed by atoms with Gasteiger partial charge in [0.2, 0.25) is 17.7 Å².